The molecule has 1 amide bonds. The van der Waals surface area contributed by atoms with E-state index in [0.29, 0.717) is 0 Å². The van der Waals surface area contributed by atoms with Crippen LogP contribution in [0.3, 0.4) is 0 Å². The van der Waals surface area contributed by atoms with Crippen LogP contribution < -0.4 is 11.1 Å². The summed E-state index contributed by atoms with van der Waals surface area (Å²) in [5.41, 5.74) is 6.11. The molecule has 0 aliphatic heterocycles. The van der Waals surface area contributed by atoms with E-state index >= 15 is 0 Å². The molecular weight excluding hydrogens is 204 g/mol. The van der Waals surface area contributed by atoms with Crippen LogP contribution in [0.2, 0.25) is 0 Å². The topological polar surface area (TPSA) is 75.3 Å². The molecule has 0 radical (unpaired) electrons. The summed E-state index contributed by atoms with van der Waals surface area (Å²) in [5, 5.41) is 12.4. The van der Waals surface area contributed by atoms with Gasteiger partial charge in [-0.25, -0.2) is 0 Å². The van der Waals surface area contributed by atoms with Crippen molar-refractivity contribution < 1.29 is 9.90 Å². The molecule has 1 aromatic carbocycles. The van der Waals surface area contributed by atoms with Crippen LogP contribution in [0.1, 0.15) is 24.9 Å². The van der Waals surface area contributed by atoms with Gasteiger partial charge in [-0.1, -0.05) is 37.3 Å². The zero-order valence-corrected chi connectivity index (χ0v) is 9.39. The van der Waals surface area contributed by atoms with Crippen molar-refractivity contribution in [3.05, 3.63) is 35.9 Å². The van der Waals surface area contributed by atoms with Gasteiger partial charge >= 0.3 is 0 Å². The van der Waals surface area contributed by atoms with Gasteiger partial charge < -0.3 is 16.2 Å². The van der Waals surface area contributed by atoms with Gasteiger partial charge in [0, 0.05) is 12.6 Å². The van der Waals surface area contributed by atoms with Crippen LogP contribution in [0.15, 0.2) is 30.3 Å². The van der Waals surface area contributed by atoms with E-state index < -0.39 is 12.0 Å². The van der Waals surface area contributed by atoms with Crippen molar-refractivity contribution in [1.82, 2.24) is 5.32 Å². The molecule has 1 aromatic rings. The van der Waals surface area contributed by atoms with Crippen LogP contribution in [-0.4, -0.2) is 23.7 Å². The van der Waals surface area contributed by atoms with Gasteiger partial charge in [-0.2, -0.15) is 0 Å². The van der Waals surface area contributed by atoms with E-state index in [9.17, 15) is 9.90 Å². The van der Waals surface area contributed by atoms with Crippen LogP contribution in [0.5, 0.6) is 0 Å². The van der Waals surface area contributed by atoms with Gasteiger partial charge in [-0.05, 0) is 12.0 Å². The Kier molecular flexibility index (Phi) is 4.95. The van der Waals surface area contributed by atoms with Gasteiger partial charge in [0.25, 0.3) is 0 Å². The SMILES string of the molecule is CCC(NCC(O)C(N)=O)c1ccccc1. The minimum atomic E-state index is -1.13. The lowest BCUT2D eigenvalue weighted by atomic mass is 10.0. The van der Waals surface area contributed by atoms with Gasteiger partial charge in [0.15, 0.2) is 0 Å². The second-order valence-corrected chi connectivity index (χ2v) is 3.70. The molecule has 0 spiro atoms. The fourth-order valence-electron chi connectivity index (χ4n) is 1.54. The molecule has 2 unspecified atom stereocenters. The fourth-order valence-corrected chi connectivity index (χ4v) is 1.54. The fraction of sp³-hybridized carbons (Fsp3) is 0.417. The van der Waals surface area contributed by atoms with E-state index in [4.69, 9.17) is 5.73 Å². The van der Waals surface area contributed by atoms with Crippen molar-refractivity contribution in [1.29, 1.82) is 0 Å². The van der Waals surface area contributed by atoms with E-state index in [1.54, 1.807) is 0 Å². The average Bonchev–Trinajstić information content (AvgIpc) is 2.30. The molecule has 0 fully saturated rings. The Bertz CT molecular complexity index is 327. The lowest BCUT2D eigenvalue weighted by Crippen LogP contribution is -2.38. The first-order chi connectivity index (χ1) is 7.65. The van der Waals surface area contributed by atoms with Gasteiger partial charge in [-0.15, -0.1) is 0 Å². The minimum absolute atomic E-state index is 0.134. The van der Waals surface area contributed by atoms with Crippen LogP contribution >= 0.6 is 0 Å². The second kappa shape index (κ2) is 6.25. The maximum atomic E-state index is 10.7. The number of carbonyl (C=O) groups is 1. The van der Waals surface area contributed by atoms with E-state index in [-0.39, 0.29) is 12.6 Å². The van der Waals surface area contributed by atoms with Crippen LogP contribution in [0, 0.1) is 0 Å². The zero-order valence-electron chi connectivity index (χ0n) is 9.39. The Balaban J connectivity index is 2.53. The summed E-state index contributed by atoms with van der Waals surface area (Å²) in [7, 11) is 0. The molecule has 4 N–H and O–H groups in total. The number of rotatable bonds is 6. The first-order valence-corrected chi connectivity index (χ1v) is 5.40. The zero-order chi connectivity index (χ0) is 12.0. The summed E-state index contributed by atoms with van der Waals surface area (Å²) in [6.07, 6.45) is -0.243. The van der Waals surface area contributed by atoms with Crippen LogP contribution in [-0.2, 0) is 4.79 Å². The van der Waals surface area contributed by atoms with E-state index in [2.05, 4.69) is 5.32 Å². The van der Waals surface area contributed by atoms with Gasteiger partial charge in [0.2, 0.25) is 5.91 Å². The number of hydrogen-bond acceptors (Lipinski definition) is 3. The molecule has 0 heterocycles. The third kappa shape index (κ3) is 3.64. The van der Waals surface area contributed by atoms with Crippen LogP contribution in [0.4, 0.5) is 0 Å². The van der Waals surface area contributed by atoms with E-state index in [1.165, 1.54) is 0 Å². The molecule has 0 saturated heterocycles. The molecule has 0 aromatic heterocycles. The van der Waals surface area contributed by atoms with Crippen molar-refractivity contribution in [2.75, 3.05) is 6.54 Å². The Morgan fingerprint density at radius 2 is 2.06 bits per heavy atom. The molecular formula is C12H18N2O2. The highest BCUT2D eigenvalue weighted by molar-refractivity contribution is 5.78. The number of benzene rings is 1. The first kappa shape index (κ1) is 12.7. The Morgan fingerprint density at radius 1 is 1.44 bits per heavy atom. The average molecular weight is 222 g/mol. The van der Waals surface area contributed by atoms with Gasteiger partial charge in [0.1, 0.15) is 6.10 Å². The lowest BCUT2D eigenvalue weighted by Gasteiger charge is -2.18. The highest BCUT2D eigenvalue weighted by atomic mass is 16.3. The van der Waals surface area contributed by atoms with Crippen molar-refractivity contribution in [3.63, 3.8) is 0 Å². The standard InChI is InChI=1S/C12H18N2O2/c1-2-10(9-6-4-3-5-7-9)14-8-11(15)12(13)16/h3-7,10-11,14-15H,2,8H2,1H3,(H2,13,16). The molecule has 88 valence electrons. The number of aliphatic hydroxyl groups is 1. The Morgan fingerprint density at radius 3 is 2.56 bits per heavy atom. The van der Waals surface area contributed by atoms with Gasteiger partial charge in [-0.3, -0.25) is 4.79 Å². The summed E-state index contributed by atoms with van der Waals surface area (Å²) in [6, 6.07) is 10.0. The van der Waals surface area contributed by atoms with Crippen molar-refractivity contribution in [2.24, 2.45) is 5.73 Å². The maximum Gasteiger partial charge on any atom is 0.247 e. The number of nitrogens with one attached hydrogen (secondary N) is 1. The summed E-state index contributed by atoms with van der Waals surface area (Å²) in [4.78, 5) is 10.7. The molecule has 0 aliphatic rings. The summed E-state index contributed by atoms with van der Waals surface area (Å²) < 4.78 is 0. The largest absolute Gasteiger partial charge is 0.382 e. The molecule has 0 saturated carbocycles. The van der Waals surface area contributed by atoms with Crippen LogP contribution in [0.25, 0.3) is 0 Å². The predicted octanol–water partition coefficient (Wildman–Crippen LogP) is 0.573. The molecule has 4 heteroatoms. The van der Waals surface area contributed by atoms with E-state index in [0.717, 1.165) is 12.0 Å². The molecule has 16 heavy (non-hydrogen) atoms. The summed E-state index contributed by atoms with van der Waals surface area (Å²) in [5.74, 6) is -0.699. The monoisotopic (exact) mass is 222 g/mol. The molecule has 0 aliphatic carbocycles. The third-order valence-corrected chi connectivity index (χ3v) is 2.50. The molecule has 2 atom stereocenters. The maximum absolute atomic E-state index is 10.7. The summed E-state index contributed by atoms with van der Waals surface area (Å²) >= 11 is 0. The highest BCUT2D eigenvalue weighted by Crippen LogP contribution is 2.15. The molecule has 4 nitrogen and oxygen atoms in total. The Labute approximate surface area is 95.5 Å². The minimum Gasteiger partial charge on any atom is -0.382 e. The number of primary amides is 1. The number of aliphatic hydroxyl groups excluding tert-OH is 1. The Hall–Kier alpha value is -1.39. The van der Waals surface area contributed by atoms with Gasteiger partial charge in [0.05, 0.1) is 0 Å². The second-order valence-electron chi connectivity index (χ2n) is 3.70. The highest BCUT2D eigenvalue weighted by Gasteiger charge is 2.14. The quantitative estimate of drug-likeness (QED) is 0.659. The summed E-state index contributed by atoms with van der Waals surface area (Å²) in [6.45, 7) is 2.23. The number of nitrogens with two attached hydrogens (primary N) is 1. The lowest BCUT2D eigenvalue weighted by molar-refractivity contribution is -0.125. The number of amides is 1. The van der Waals surface area contributed by atoms with E-state index in [1.807, 2.05) is 37.3 Å². The van der Waals surface area contributed by atoms with Crippen molar-refractivity contribution >= 4 is 5.91 Å². The number of hydrogen-bond donors (Lipinski definition) is 3. The number of carbonyl (C=O) groups excluding carboxylic acids is 1. The van der Waals surface area contributed by atoms with Crippen molar-refractivity contribution in [2.45, 2.75) is 25.5 Å². The molecule has 0 bridgehead atoms. The first-order valence-electron chi connectivity index (χ1n) is 5.40. The normalized spacial score (nSPS) is 14.4. The smallest absolute Gasteiger partial charge is 0.247 e. The van der Waals surface area contributed by atoms with Crippen molar-refractivity contribution in [3.8, 4) is 0 Å². The third-order valence-electron chi connectivity index (χ3n) is 2.50. The molecule has 1 rings (SSSR count). The predicted molar refractivity (Wildman–Crippen MR) is 62.7 cm³/mol.